The molecule has 0 spiro atoms. The molecule has 20 heavy (non-hydrogen) atoms. The van der Waals surface area contributed by atoms with Crippen LogP contribution in [0.2, 0.25) is 0 Å². The van der Waals surface area contributed by atoms with Crippen molar-refractivity contribution in [1.29, 1.82) is 0 Å². The maximum Gasteiger partial charge on any atom is 0.314 e. The number of aliphatic hydroxyl groups excluding tert-OH is 1. The zero-order valence-electron chi connectivity index (χ0n) is 11.8. The van der Waals surface area contributed by atoms with Crippen molar-refractivity contribution in [3.8, 4) is 6.01 Å². The monoisotopic (exact) mass is 280 g/mol. The van der Waals surface area contributed by atoms with E-state index in [2.05, 4.69) is 10.1 Å². The van der Waals surface area contributed by atoms with Crippen LogP contribution in [-0.4, -0.2) is 56.0 Å². The number of piperidine rings is 2. The Kier molecular flexibility index (Phi) is 3.37. The number of aromatic nitrogens is 3. The molecule has 2 saturated heterocycles. The highest BCUT2D eigenvalue weighted by atomic mass is 16.5. The number of hydrogen-bond acceptors (Lipinski definition) is 5. The largest absolute Gasteiger partial charge is 0.467 e. The Balaban J connectivity index is 1.85. The Bertz CT molecular complexity index is 502. The summed E-state index contributed by atoms with van der Waals surface area (Å²) in [5.41, 5.74) is 0. The number of rotatable bonds is 2. The molecule has 3 heterocycles. The Morgan fingerprint density at radius 2 is 2.00 bits per heavy atom. The molecule has 0 radical (unpaired) electrons. The van der Waals surface area contributed by atoms with E-state index in [0.29, 0.717) is 18.9 Å². The molecule has 1 amide bonds. The summed E-state index contributed by atoms with van der Waals surface area (Å²) in [4.78, 5) is 18.7. The fourth-order valence-electron chi connectivity index (χ4n) is 3.44. The SMILES string of the molecule is COc1nc(C(=O)N2[C@@H]3CCC[C@H]2CC(O)C3)nn1C. The van der Waals surface area contributed by atoms with Crippen LogP contribution in [0.25, 0.3) is 0 Å². The molecule has 3 rings (SSSR count). The summed E-state index contributed by atoms with van der Waals surface area (Å²) in [7, 11) is 3.20. The van der Waals surface area contributed by atoms with Crippen molar-refractivity contribution < 1.29 is 14.6 Å². The van der Waals surface area contributed by atoms with Gasteiger partial charge in [-0.25, -0.2) is 4.68 Å². The number of hydrogen-bond donors (Lipinski definition) is 1. The molecular formula is C13H20N4O3. The number of amides is 1. The van der Waals surface area contributed by atoms with Gasteiger partial charge in [0.05, 0.1) is 13.2 Å². The average molecular weight is 280 g/mol. The number of ether oxygens (including phenoxy) is 1. The van der Waals surface area contributed by atoms with Gasteiger partial charge in [0.2, 0.25) is 5.82 Å². The van der Waals surface area contributed by atoms with Gasteiger partial charge in [-0.1, -0.05) is 0 Å². The Morgan fingerprint density at radius 1 is 1.35 bits per heavy atom. The lowest BCUT2D eigenvalue weighted by atomic mass is 9.83. The van der Waals surface area contributed by atoms with Gasteiger partial charge in [0.25, 0.3) is 5.91 Å². The molecule has 1 aromatic heterocycles. The molecule has 3 atom stereocenters. The first-order chi connectivity index (χ1) is 9.60. The molecule has 7 nitrogen and oxygen atoms in total. The van der Waals surface area contributed by atoms with Crippen LogP contribution in [0.5, 0.6) is 6.01 Å². The van der Waals surface area contributed by atoms with Crippen molar-refractivity contribution >= 4 is 5.91 Å². The molecule has 0 saturated carbocycles. The second-order valence-electron chi connectivity index (χ2n) is 5.62. The standard InChI is InChI=1S/C13H20N4O3/c1-16-13(20-2)14-11(15-16)12(19)17-8-4-3-5-9(17)7-10(18)6-8/h8-10,18H,3-7H2,1-2H3/t8-,9+,10?. The van der Waals surface area contributed by atoms with E-state index in [-0.39, 0.29) is 29.9 Å². The normalized spacial score (nSPS) is 29.4. The average Bonchev–Trinajstić information content (AvgIpc) is 2.78. The number of carbonyl (C=O) groups is 1. The van der Waals surface area contributed by atoms with E-state index in [1.807, 2.05) is 4.90 Å². The van der Waals surface area contributed by atoms with Crippen LogP contribution < -0.4 is 4.74 Å². The van der Waals surface area contributed by atoms with E-state index in [9.17, 15) is 9.90 Å². The second-order valence-corrected chi connectivity index (χ2v) is 5.62. The summed E-state index contributed by atoms with van der Waals surface area (Å²) < 4.78 is 6.51. The van der Waals surface area contributed by atoms with Crippen molar-refractivity contribution in [3.63, 3.8) is 0 Å². The molecule has 0 aliphatic carbocycles. The molecule has 1 N–H and O–H groups in total. The lowest BCUT2D eigenvalue weighted by molar-refractivity contribution is -0.0157. The first kappa shape index (κ1) is 13.4. The molecule has 2 aliphatic rings. The number of nitrogens with zero attached hydrogens (tertiary/aromatic N) is 4. The summed E-state index contributed by atoms with van der Waals surface area (Å²) in [6.07, 6.45) is 4.04. The fourth-order valence-corrected chi connectivity index (χ4v) is 3.44. The van der Waals surface area contributed by atoms with E-state index in [1.54, 1.807) is 7.05 Å². The van der Waals surface area contributed by atoms with Gasteiger partial charge >= 0.3 is 6.01 Å². The van der Waals surface area contributed by atoms with Gasteiger partial charge in [0.15, 0.2) is 0 Å². The summed E-state index contributed by atoms with van der Waals surface area (Å²) in [6, 6.07) is 0.551. The van der Waals surface area contributed by atoms with E-state index < -0.39 is 0 Å². The Hall–Kier alpha value is -1.63. The Labute approximate surface area is 117 Å². The smallest absolute Gasteiger partial charge is 0.314 e. The third-order valence-corrected chi connectivity index (χ3v) is 4.28. The number of fused-ring (bicyclic) bond motifs is 2. The highest BCUT2D eigenvalue weighted by Gasteiger charge is 2.41. The number of methoxy groups -OCH3 is 1. The molecule has 0 aromatic carbocycles. The van der Waals surface area contributed by atoms with Crippen LogP contribution in [0, 0.1) is 0 Å². The zero-order valence-corrected chi connectivity index (χ0v) is 11.8. The van der Waals surface area contributed by atoms with Crippen LogP contribution in [0.3, 0.4) is 0 Å². The molecule has 2 bridgehead atoms. The van der Waals surface area contributed by atoms with Crippen molar-refractivity contribution in [2.45, 2.75) is 50.3 Å². The third-order valence-electron chi connectivity index (χ3n) is 4.28. The van der Waals surface area contributed by atoms with Crippen LogP contribution in [0.1, 0.15) is 42.7 Å². The van der Waals surface area contributed by atoms with E-state index in [4.69, 9.17) is 4.74 Å². The molecular weight excluding hydrogens is 260 g/mol. The van der Waals surface area contributed by atoms with Gasteiger partial charge < -0.3 is 14.7 Å². The number of aryl methyl sites for hydroxylation is 1. The van der Waals surface area contributed by atoms with Gasteiger partial charge in [-0.05, 0) is 32.1 Å². The first-order valence-corrected chi connectivity index (χ1v) is 7.06. The Morgan fingerprint density at radius 3 is 2.55 bits per heavy atom. The summed E-state index contributed by atoms with van der Waals surface area (Å²) >= 11 is 0. The zero-order chi connectivity index (χ0) is 14.3. The second kappa shape index (κ2) is 5.05. The van der Waals surface area contributed by atoms with E-state index in [1.165, 1.54) is 11.8 Å². The maximum atomic E-state index is 12.7. The summed E-state index contributed by atoms with van der Waals surface area (Å²) in [5, 5.41) is 14.0. The molecule has 7 heteroatoms. The van der Waals surface area contributed by atoms with Gasteiger partial charge in [-0.3, -0.25) is 4.79 Å². The molecule has 110 valence electrons. The number of carbonyl (C=O) groups excluding carboxylic acids is 1. The van der Waals surface area contributed by atoms with Crippen LogP contribution in [-0.2, 0) is 7.05 Å². The quantitative estimate of drug-likeness (QED) is 0.845. The van der Waals surface area contributed by atoms with Crippen LogP contribution >= 0.6 is 0 Å². The summed E-state index contributed by atoms with van der Waals surface area (Å²) in [6.45, 7) is 0. The minimum atomic E-state index is -0.291. The number of aliphatic hydroxyl groups is 1. The first-order valence-electron chi connectivity index (χ1n) is 7.06. The molecule has 2 fully saturated rings. The molecule has 1 unspecified atom stereocenters. The lowest BCUT2D eigenvalue weighted by Gasteiger charge is -2.47. The molecule has 2 aliphatic heterocycles. The van der Waals surface area contributed by atoms with E-state index in [0.717, 1.165) is 19.3 Å². The van der Waals surface area contributed by atoms with Crippen LogP contribution in [0.4, 0.5) is 0 Å². The maximum absolute atomic E-state index is 12.7. The van der Waals surface area contributed by atoms with Gasteiger partial charge in [-0.2, -0.15) is 4.98 Å². The molecule has 1 aromatic rings. The van der Waals surface area contributed by atoms with Gasteiger partial charge in [0.1, 0.15) is 0 Å². The van der Waals surface area contributed by atoms with E-state index >= 15 is 0 Å². The van der Waals surface area contributed by atoms with Crippen molar-refractivity contribution in [3.05, 3.63) is 5.82 Å². The van der Waals surface area contributed by atoms with Gasteiger partial charge in [0, 0.05) is 19.1 Å². The highest BCUT2D eigenvalue weighted by Crippen LogP contribution is 2.34. The van der Waals surface area contributed by atoms with Crippen molar-refractivity contribution in [2.75, 3.05) is 7.11 Å². The minimum Gasteiger partial charge on any atom is -0.467 e. The predicted octanol–water partition coefficient (Wildman–Crippen LogP) is 0.342. The minimum absolute atomic E-state index is 0.111. The van der Waals surface area contributed by atoms with Crippen LogP contribution in [0.15, 0.2) is 0 Å². The fraction of sp³-hybridized carbons (Fsp3) is 0.769. The highest BCUT2D eigenvalue weighted by molar-refractivity contribution is 5.91. The van der Waals surface area contributed by atoms with Crippen molar-refractivity contribution in [2.24, 2.45) is 7.05 Å². The van der Waals surface area contributed by atoms with Gasteiger partial charge in [-0.15, -0.1) is 5.10 Å². The topological polar surface area (TPSA) is 80.5 Å². The van der Waals surface area contributed by atoms with Crippen molar-refractivity contribution in [1.82, 2.24) is 19.7 Å². The predicted molar refractivity (Wildman–Crippen MR) is 70.4 cm³/mol. The third kappa shape index (κ3) is 2.15. The lowest BCUT2D eigenvalue weighted by Crippen LogP contribution is -2.56. The summed E-state index contributed by atoms with van der Waals surface area (Å²) in [5.74, 6) is 0.0307.